The maximum absolute atomic E-state index is 11.7. The molecule has 1 atom stereocenters. The summed E-state index contributed by atoms with van der Waals surface area (Å²) in [7, 11) is 0. The van der Waals surface area contributed by atoms with Gasteiger partial charge in [0.2, 0.25) is 5.91 Å². The molecule has 2 N–H and O–H groups in total. The second kappa shape index (κ2) is 6.84. The SMILES string of the molecule is CC(C)NC(=O)C(C)NCc1cccc([N+](=O)[O-])c1. The molecular weight excluding hydrogens is 246 g/mol. The number of nitro groups is 1. The summed E-state index contributed by atoms with van der Waals surface area (Å²) in [5.74, 6) is -0.0829. The van der Waals surface area contributed by atoms with Crippen LogP contribution in [0.3, 0.4) is 0 Å². The van der Waals surface area contributed by atoms with Crippen molar-refractivity contribution in [2.75, 3.05) is 0 Å². The van der Waals surface area contributed by atoms with Crippen molar-refractivity contribution >= 4 is 11.6 Å². The van der Waals surface area contributed by atoms with Crippen molar-refractivity contribution < 1.29 is 9.72 Å². The summed E-state index contributed by atoms with van der Waals surface area (Å²) < 4.78 is 0. The molecule has 1 rings (SSSR count). The van der Waals surface area contributed by atoms with Gasteiger partial charge in [-0.3, -0.25) is 14.9 Å². The number of non-ortho nitro benzene ring substituents is 1. The highest BCUT2D eigenvalue weighted by atomic mass is 16.6. The van der Waals surface area contributed by atoms with Crippen molar-refractivity contribution in [2.45, 2.75) is 39.4 Å². The molecule has 0 heterocycles. The van der Waals surface area contributed by atoms with Gasteiger partial charge in [-0.2, -0.15) is 0 Å². The highest BCUT2D eigenvalue weighted by Crippen LogP contribution is 2.12. The van der Waals surface area contributed by atoms with Crippen LogP contribution in [0.1, 0.15) is 26.3 Å². The lowest BCUT2D eigenvalue weighted by atomic mass is 10.2. The fourth-order valence-corrected chi connectivity index (χ4v) is 1.55. The van der Waals surface area contributed by atoms with Gasteiger partial charge < -0.3 is 10.6 Å². The maximum atomic E-state index is 11.7. The Morgan fingerprint density at radius 2 is 2.05 bits per heavy atom. The van der Waals surface area contributed by atoms with Gasteiger partial charge in [0.1, 0.15) is 0 Å². The fraction of sp³-hybridized carbons (Fsp3) is 0.462. The molecule has 0 saturated heterocycles. The normalized spacial score (nSPS) is 12.2. The van der Waals surface area contributed by atoms with E-state index >= 15 is 0 Å². The van der Waals surface area contributed by atoms with Gasteiger partial charge in [-0.25, -0.2) is 0 Å². The average molecular weight is 265 g/mol. The van der Waals surface area contributed by atoms with Crippen molar-refractivity contribution in [1.82, 2.24) is 10.6 Å². The number of benzene rings is 1. The van der Waals surface area contributed by atoms with Crippen LogP contribution in [-0.4, -0.2) is 22.9 Å². The van der Waals surface area contributed by atoms with Crippen LogP contribution < -0.4 is 10.6 Å². The third kappa shape index (κ3) is 5.05. The summed E-state index contributed by atoms with van der Waals surface area (Å²) in [4.78, 5) is 21.9. The lowest BCUT2D eigenvalue weighted by Gasteiger charge is -2.15. The fourth-order valence-electron chi connectivity index (χ4n) is 1.55. The lowest BCUT2D eigenvalue weighted by molar-refractivity contribution is -0.384. The molecule has 0 fully saturated rings. The topological polar surface area (TPSA) is 84.3 Å². The van der Waals surface area contributed by atoms with Crippen LogP contribution in [-0.2, 0) is 11.3 Å². The first-order valence-electron chi connectivity index (χ1n) is 6.17. The summed E-state index contributed by atoms with van der Waals surface area (Å²) in [5.41, 5.74) is 0.831. The number of nitrogens with one attached hydrogen (secondary N) is 2. The Morgan fingerprint density at radius 3 is 2.63 bits per heavy atom. The third-order valence-electron chi connectivity index (χ3n) is 2.56. The minimum atomic E-state index is -0.432. The number of hydrogen-bond acceptors (Lipinski definition) is 4. The van der Waals surface area contributed by atoms with E-state index in [1.807, 2.05) is 13.8 Å². The molecule has 0 aliphatic heterocycles. The molecule has 0 spiro atoms. The molecule has 1 unspecified atom stereocenters. The molecule has 0 aliphatic rings. The number of rotatable bonds is 6. The Kier molecular flexibility index (Phi) is 5.44. The van der Waals surface area contributed by atoms with Gasteiger partial charge in [0.05, 0.1) is 11.0 Å². The zero-order valence-electron chi connectivity index (χ0n) is 11.3. The molecule has 6 nitrogen and oxygen atoms in total. The Balaban J connectivity index is 2.54. The van der Waals surface area contributed by atoms with Gasteiger partial charge in [-0.1, -0.05) is 12.1 Å². The smallest absolute Gasteiger partial charge is 0.269 e. The van der Waals surface area contributed by atoms with Gasteiger partial charge >= 0.3 is 0 Å². The van der Waals surface area contributed by atoms with E-state index < -0.39 is 4.92 Å². The Labute approximate surface area is 112 Å². The van der Waals surface area contributed by atoms with E-state index in [0.717, 1.165) is 5.56 Å². The van der Waals surface area contributed by atoms with Crippen LogP contribution in [0.2, 0.25) is 0 Å². The molecule has 0 bridgehead atoms. The molecule has 0 aromatic heterocycles. The summed E-state index contributed by atoms with van der Waals surface area (Å²) in [6.07, 6.45) is 0. The third-order valence-corrected chi connectivity index (χ3v) is 2.56. The molecule has 1 amide bonds. The summed E-state index contributed by atoms with van der Waals surface area (Å²) in [6.45, 7) is 5.96. The predicted octanol–water partition coefficient (Wildman–Crippen LogP) is 1.60. The second-order valence-electron chi connectivity index (χ2n) is 4.69. The summed E-state index contributed by atoms with van der Waals surface area (Å²) in [5, 5.41) is 16.5. The molecule has 6 heteroatoms. The largest absolute Gasteiger partial charge is 0.353 e. The van der Waals surface area contributed by atoms with E-state index in [2.05, 4.69) is 10.6 Å². The number of carbonyl (C=O) groups is 1. The first-order chi connectivity index (χ1) is 8.90. The molecular formula is C13H19N3O3. The van der Waals surface area contributed by atoms with E-state index in [1.54, 1.807) is 19.1 Å². The Morgan fingerprint density at radius 1 is 1.37 bits per heavy atom. The van der Waals surface area contributed by atoms with Crippen molar-refractivity contribution in [3.8, 4) is 0 Å². The van der Waals surface area contributed by atoms with Crippen LogP contribution in [0.4, 0.5) is 5.69 Å². The molecule has 1 aromatic carbocycles. The van der Waals surface area contributed by atoms with Crippen LogP contribution in [0.5, 0.6) is 0 Å². The zero-order chi connectivity index (χ0) is 14.4. The zero-order valence-corrected chi connectivity index (χ0v) is 11.3. The van der Waals surface area contributed by atoms with Crippen LogP contribution >= 0.6 is 0 Å². The van der Waals surface area contributed by atoms with E-state index in [0.29, 0.717) is 6.54 Å². The van der Waals surface area contributed by atoms with E-state index in [4.69, 9.17) is 0 Å². The molecule has 0 saturated carbocycles. The second-order valence-corrected chi connectivity index (χ2v) is 4.69. The van der Waals surface area contributed by atoms with E-state index in [1.165, 1.54) is 12.1 Å². The van der Waals surface area contributed by atoms with Crippen LogP contribution in [0, 0.1) is 10.1 Å². The number of amides is 1. The molecule has 19 heavy (non-hydrogen) atoms. The van der Waals surface area contributed by atoms with Crippen molar-refractivity contribution in [1.29, 1.82) is 0 Å². The number of nitro benzene ring substituents is 1. The van der Waals surface area contributed by atoms with E-state index in [-0.39, 0.29) is 23.7 Å². The summed E-state index contributed by atoms with van der Waals surface area (Å²) >= 11 is 0. The van der Waals surface area contributed by atoms with Crippen LogP contribution in [0.15, 0.2) is 24.3 Å². The monoisotopic (exact) mass is 265 g/mol. The summed E-state index contributed by atoms with van der Waals surface area (Å²) in [6, 6.07) is 6.11. The average Bonchev–Trinajstić information content (AvgIpc) is 2.35. The van der Waals surface area contributed by atoms with Crippen molar-refractivity contribution in [3.63, 3.8) is 0 Å². The molecule has 1 aromatic rings. The highest BCUT2D eigenvalue weighted by Gasteiger charge is 2.13. The minimum absolute atomic E-state index is 0.0542. The predicted molar refractivity (Wildman–Crippen MR) is 72.7 cm³/mol. The van der Waals surface area contributed by atoms with Gasteiger partial charge in [-0.15, -0.1) is 0 Å². The van der Waals surface area contributed by atoms with Crippen LogP contribution in [0.25, 0.3) is 0 Å². The van der Waals surface area contributed by atoms with E-state index in [9.17, 15) is 14.9 Å². The molecule has 0 aliphatic carbocycles. The number of hydrogen-bond donors (Lipinski definition) is 2. The standard InChI is InChI=1S/C13H19N3O3/c1-9(2)15-13(17)10(3)14-8-11-5-4-6-12(7-11)16(18)19/h4-7,9-10,14H,8H2,1-3H3,(H,15,17). The van der Waals surface area contributed by atoms with Gasteiger partial charge in [0, 0.05) is 24.7 Å². The van der Waals surface area contributed by atoms with Gasteiger partial charge in [-0.05, 0) is 26.3 Å². The number of carbonyl (C=O) groups excluding carboxylic acids is 1. The van der Waals surface area contributed by atoms with Crippen molar-refractivity contribution in [3.05, 3.63) is 39.9 Å². The maximum Gasteiger partial charge on any atom is 0.269 e. The van der Waals surface area contributed by atoms with Gasteiger partial charge in [0.25, 0.3) is 5.69 Å². The minimum Gasteiger partial charge on any atom is -0.353 e. The van der Waals surface area contributed by atoms with Crippen molar-refractivity contribution in [2.24, 2.45) is 0 Å². The Bertz CT molecular complexity index is 460. The first kappa shape index (κ1) is 15.1. The molecule has 0 radical (unpaired) electrons. The molecule has 104 valence electrons. The lowest BCUT2D eigenvalue weighted by Crippen LogP contribution is -2.44. The van der Waals surface area contributed by atoms with Gasteiger partial charge in [0.15, 0.2) is 0 Å². The highest BCUT2D eigenvalue weighted by molar-refractivity contribution is 5.81. The Hall–Kier alpha value is -1.95. The quantitative estimate of drug-likeness (QED) is 0.604. The first-order valence-corrected chi connectivity index (χ1v) is 6.17. The number of nitrogens with zero attached hydrogens (tertiary/aromatic N) is 1.